The van der Waals surface area contributed by atoms with E-state index >= 15 is 0 Å². The van der Waals surface area contributed by atoms with Gasteiger partial charge in [0.2, 0.25) is 0 Å². The molecule has 0 saturated carbocycles. The zero-order valence-electron chi connectivity index (χ0n) is 11.0. The third-order valence-electron chi connectivity index (χ3n) is 2.20. The van der Waals surface area contributed by atoms with Gasteiger partial charge in [-0.2, -0.15) is 5.10 Å². The predicted octanol–water partition coefficient (Wildman–Crippen LogP) is 1.86. The summed E-state index contributed by atoms with van der Waals surface area (Å²) in [7, 11) is 1.83. The summed E-state index contributed by atoms with van der Waals surface area (Å²) in [4.78, 5) is 12.0. The average Bonchev–Trinajstić information content (AvgIpc) is 2.45. The van der Waals surface area contributed by atoms with Crippen LogP contribution in [0.1, 0.15) is 50.7 Å². The topological polar surface area (TPSA) is 46.9 Å². The van der Waals surface area contributed by atoms with Crippen LogP contribution in [0.15, 0.2) is 6.20 Å². The fourth-order valence-electron chi connectivity index (χ4n) is 1.55. The number of aryl methyl sites for hydroxylation is 1. The molecule has 90 valence electrons. The average molecular weight is 223 g/mol. The fourth-order valence-corrected chi connectivity index (χ4v) is 1.55. The van der Waals surface area contributed by atoms with Crippen molar-refractivity contribution >= 4 is 5.91 Å². The Labute approximate surface area is 97.0 Å². The number of nitrogens with one attached hydrogen (secondary N) is 1. The third-order valence-corrected chi connectivity index (χ3v) is 2.20. The molecule has 16 heavy (non-hydrogen) atoms. The second-order valence-corrected chi connectivity index (χ2v) is 5.44. The molecule has 1 aromatic heterocycles. The maximum absolute atomic E-state index is 12.0. The lowest BCUT2D eigenvalue weighted by Crippen LogP contribution is -2.31. The van der Waals surface area contributed by atoms with Crippen LogP contribution in [-0.4, -0.2) is 21.7 Å². The first kappa shape index (κ1) is 12.7. The van der Waals surface area contributed by atoms with Crippen molar-refractivity contribution in [3.63, 3.8) is 0 Å². The number of amides is 1. The number of nitrogens with zero attached hydrogens (tertiary/aromatic N) is 2. The van der Waals surface area contributed by atoms with E-state index in [0.717, 1.165) is 5.69 Å². The Bertz CT molecular complexity index is 385. The molecule has 0 aliphatic heterocycles. The van der Waals surface area contributed by atoms with E-state index in [-0.39, 0.29) is 17.4 Å². The van der Waals surface area contributed by atoms with Crippen LogP contribution < -0.4 is 5.32 Å². The van der Waals surface area contributed by atoms with Gasteiger partial charge < -0.3 is 5.32 Å². The molecule has 1 N–H and O–H groups in total. The molecule has 0 bridgehead atoms. The number of carbonyl (C=O) groups excluding carboxylic acids is 1. The summed E-state index contributed by atoms with van der Waals surface area (Å²) >= 11 is 0. The molecule has 1 heterocycles. The number of rotatable bonds is 2. The van der Waals surface area contributed by atoms with Crippen molar-refractivity contribution in [3.05, 3.63) is 17.5 Å². The van der Waals surface area contributed by atoms with Crippen LogP contribution in [0, 0.1) is 0 Å². The predicted molar refractivity (Wildman–Crippen MR) is 64.5 cm³/mol. The first-order chi connectivity index (χ1) is 7.21. The minimum absolute atomic E-state index is 0.0481. The Morgan fingerprint density at radius 2 is 2.00 bits per heavy atom. The maximum Gasteiger partial charge on any atom is 0.254 e. The second kappa shape index (κ2) is 4.28. The Hall–Kier alpha value is -1.32. The van der Waals surface area contributed by atoms with E-state index < -0.39 is 0 Å². The Morgan fingerprint density at radius 1 is 1.44 bits per heavy atom. The zero-order chi connectivity index (χ0) is 12.5. The summed E-state index contributed by atoms with van der Waals surface area (Å²) < 4.78 is 1.69. The van der Waals surface area contributed by atoms with Crippen molar-refractivity contribution in [2.24, 2.45) is 7.05 Å². The monoisotopic (exact) mass is 223 g/mol. The largest absolute Gasteiger partial charge is 0.350 e. The molecule has 1 aromatic rings. The molecule has 1 amide bonds. The van der Waals surface area contributed by atoms with Crippen LogP contribution in [0.4, 0.5) is 0 Å². The normalized spacial score (nSPS) is 11.9. The van der Waals surface area contributed by atoms with Crippen LogP contribution >= 0.6 is 0 Å². The van der Waals surface area contributed by atoms with Gasteiger partial charge in [-0.15, -0.1) is 0 Å². The Balaban J connectivity index is 3.09. The molecule has 0 saturated heterocycles. The highest BCUT2D eigenvalue weighted by atomic mass is 16.1. The lowest BCUT2D eigenvalue weighted by molar-refractivity contribution is 0.0941. The molecule has 1 rings (SSSR count). The van der Waals surface area contributed by atoms with Crippen LogP contribution in [0.3, 0.4) is 0 Å². The molecular formula is C12H21N3O. The summed E-state index contributed by atoms with van der Waals surface area (Å²) in [5.74, 6) is -0.0481. The van der Waals surface area contributed by atoms with Gasteiger partial charge in [0.1, 0.15) is 0 Å². The smallest absolute Gasteiger partial charge is 0.254 e. The molecular weight excluding hydrogens is 202 g/mol. The molecule has 0 atom stereocenters. The molecule has 0 fully saturated rings. The van der Waals surface area contributed by atoms with Crippen LogP contribution in [0.5, 0.6) is 0 Å². The summed E-state index contributed by atoms with van der Waals surface area (Å²) in [5.41, 5.74) is 1.39. The number of carbonyl (C=O) groups is 1. The minimum Gasteiger partial charge on any atom is -0.350 e. The lowest BCUT2D eigenvalue weighted by atomic mass is 9.89. The molecule has 0 unspecified atom stereocenters. The SMILES string of the molecule is CC(C)NC(=O)c1cn(C)nc1C(C)(C)C. The zero-order valence-corrected chi connectivity index (χ0v) is 11.0. The quantitative estimate of drug-likeness (QED) is 0.831. The Morgan fingerprint density at radius 3 is 2.44 bits per heavy atom. The first-order valence-corrected chi connectivity index (χ1v) is 5.57. The van der Waals surface area contributed by atoms with Crippen molar-refractivity contribution < 1.29 is 4.79 Å². The molecule has 0 radical (unpaired) electrons. The van der Waals surface area contributed by atoms with E-state index in [9.17, 15) is 4.79 Å². The van der Waals surface area contributed by atoms with Crippen molar-refractivity contribution in [3.8, 4) is 0 Å². The standard InChI is InChI=1S/C12H21N3O/c1-8(2)13-11(16)9-7-15(6)14-10(9)12(3,4)5/h7-8H,1-6H3,(H,13,16). The first-order valence-electron chi connectivity index (χ1n) is 5.57. The molecule has 0 aliphatic carbocycles. The van der Waals surface area contributed by atoms with Gasteiger partial charge in [0, 0.05) is 24.7 Å². The van der Waals surface area contributed by atoms with Gasteiger partial charge in [0.25, 0.3) is 5.91 Å². The van der Waals surface area contributed by atoms with Crippen molar-refractivity contribution in [1.82, 2.24) is 15.1 Å². The van der Waals surface area contributed by atoms with Gasteiger partial charge in [0.15, 0.2) is 0 Å². The van der Waals surface area contributed by atoms with Crippen LogP contribution in [-0.2, 0) is 12.5 Å². The van der Waals surface area contributed by atoms with E-state index in [0.29, 0.717) is 5.56 Å². The van der Waals surface area contributed by atoms with E-state index in [1.807, 2.05) is 20.9 Å². The number of aromatic nitrogens is 2. The highest BCUT2D eigenvalue weighted by Crippen LogP contribution is 2.23. The summed E-state index contributed by atoms with van der Waals surface area (Å²) in [6, 6.07) is 0.139. The van der Waals surface area contributed by atoms with Gasteiger partial charge >= 0.3 is 0 Å². The van der Waals surface area contributed by atoms with Crippen LogP contribution in [0.2, 0.25) is 0 Å². The molecule has 0 spiro atoms. The van der Waals surface area contributed by atoms with Gasteiger partial charge in [-0.1, -0.05) is 20.8 Å². The van der Waals surface area contributed by atoms with E-state index in [1.54, 1.807) is 10.9 Å². The van der Waals surface area contributed by atoms with E-state index in [1.165, 1.54) is 0 Å². The van der Waals surface area contributed by atoms with Gasteiger partial charge in [0.05, 0.1) is 11.3 Å². The summed E-state index contributed by atoms with van der Waals surface area (Å²) in [6.45, 7) is 10.1. The van der Waals surface area contributed by atoms with E-state index in [4.69, 9.17) is 0 Å². The van der Waals surface area contributed by atoms with E-state index in [2.05, 4.69) is 31.2 Å². The maximum atomic E-state index is 12.0. The van der Waals surface area contributed by atoms with Crippen LogP contribution in [0.25, 0.3) is 0 Å². The fraction of sp³-hybridized carbons (Fsp3) is 0.667. The molecule has 4 nitrogen and oxygen atoms in total. The van der Waals surface area contributed by atoms with Crippen molar-refractivity contribution in [2.75, 3.05) is 0 Å². The number of hydrogen-bond donors (Lipinski definition) is 1. The molecule has 0 aromatic carbocycles. The van der Waals surface area contributed by atoms with Gasteiger partial charge in [-0.05, 0) is 13.8 Å². The van der Waals surface area contributed by atoms with Gasteiger partial charge in [-0.3, -0.25) is 9.48 Å². The van der Waals surface area contributed by atoms with Gasteiger partial charge in [-0.25, -0.2) is 0 Å². The van der Waals surface area contributed by atoms with Crippen molar-refractivity contribution in [2.45, 2.75) is 46.1 Å². The highest BCUT2D eigenvalue weighted by Gasteiger charge is 2.25. The summed E-state index contributed by atoms with van der Waals surface area (Å²) in [6.07, 6.45) is 1.78. The molecule has 0 aliphatic rings. The molecule has 4 heteroatoms. The number of hydrogen-bond acceptors (Lipinski definition) is 2. The summed E-state index contributed by atoms with van der Waals surface area (Å²) in [5, 5.41) is 7.26. The second-order valence-electron chi connectivity index (χ2n) is 5.44. The van der Waals surface area contributed by atoms with Crippen molar-refractivity contribution in [1.29, 1.82) is 0 Å². The highest BCUT2D eigenvalue weighted by molar-refractivity contribution is 5.95. The lowest BCUT2D eigenvalue weighted by Gasteiger charge is -2.17. The Kier molecular flexibility index (Phi) is 3.41. The minimum atomic E-state index is -0.120. The third kappa shape index (κ3) is 2.84.